The van der Waals surface area contributed by atoms with Crippen molar-refractivity contribution in [1.29, 1.82) is 5.26 Å². The average molecular weight is 207 g/mol. The van der Waals surface area contributed by atoms with Crippen LogP contribution in [0.3, 0.4) is 0 Å². The zero-order chi connectivity index (χ0) is 11.6. The topological polar surface area (TPSA) is 23.8 Å². The minimum Gasteiger partial charge on any atom is -0.198 e. The summed E-state index contributed by atoms with van der Waals surface area (Å²) >= 11 is 0. The van der Waals surface area contributed by atoms with Gasteiger partial charge in [0, 0.05) is 0 Å². The third-order valence-corrected chi connectivity index (χ3v) is 2.76. The van der Waals surface area contributed by atoms with Crippen LogP contribution in [0.5, 0.6) is 0 Å². The fourth-order valence-electron chi connectivity index (χ4n) is 1.62. The average Bonchev–Trinajstić information content (AvgIpc) is 2.22. The molecule has 1 nitrogen and oxygen atoms in total. The van der Waals surface area contributed by atoms with E-state index in [4.69, 9.17) is 5.26 Å². The Morgan fingerprint density at radius 3 is 2.13 bits per heavy atom. The van der Waals surface area contributed by atoms with Crippen molar-refractivity contribution in [2.24, 2.45) is 5.41 Å². The number of unbranched alkanes of at least 4 members (excludes halogenated alkanes) is 6. The molecule has 0 bridgehead atoms. The highest BCUT2D eigenvalue weighted by Gasteiger charge is 2.14. The van der Waals surface area contributed by atoms with Gasteiger partial charge in [-0.1, -0.05) is 38.2 Å². The molecule has 0 unspecified atom stereocenters. The third-order valence-electron chi connectivity index (χ3n) is 2.76. The Hall–Kier alpha value is -0.770. The molecule has 0 spiro atoms. The molecule has 0 radical (unpaired) electrons. The summed E-state index contributed by atoms with van der Waals surface area (Å²) in [5.41, 5.74) is -0.122. The molecule has 0 atom stereocenters. The van der Waals surface area contributed by atoms with E-state index in [1.165, 1.54) is 38.5 Å². The first-order valence-electron chi connectivity index (χ1n) is 6.14. The van der Waals surface area contributed by atoms with Gasteiger partial charge >= 0.3 is 0 Å². The first kappa shape index (κ1) is 14.2. The lowest BCUT2D eigenvalue weighted by Gasteiger charge is -2.13. The zero-order valence-electron chi connectivity index (χ0n) is 10.4. The molecule has 0 aliphatic carbocycles. The maximum absolute atomic E-state index is 8.83. The highest BCUT2D eigenvalue weighted by Crippen LogP contribution is 2.22. The smallest absolute Gasteiger partial charge is 0.0683 e. The van der Waals surface area contributed by atoms with Gasteiger partial charge in [-0.3, -0.25) is 0 Å². The van der Waals surface area contributed by atoms with Crippen LogP contribution in [0.15, 0.2) is 12.7 Å². The standard InChI is InChI=1S/C14H25N/c1-4-5-6-7-8-9-10-11-12-14(2,3)13-15/h4H,1,5-12H2,2-3H3. The second-order valence-corrected chi connectivity index (χ2v) is 4.94. The molecule has 0 amide bonds. The van der Waals surface area contributed by atoms with E-state index in [9.17, 15) is 0 Å². The van der Waals surface area contributed by atoms with Crippen molar-refractivity contribution >= 4 is 0 Å². The molecule has 1 heteroatoms. The molecule has 0 aliphatic heterocycles. The van der Waals surface area contributed by atoms with Gasteiger partial charge in [0.25, 0.3) is 0 Å². The van der Waals surface area contributed by atoms with Crippen LogP contribution in [-0.4, -0.2) is 0 Å². The second-order valence-electron chi connectivity index (χ2n) is 4.94. The summed E-state index contributed by atoms with van der Waals surface area (Å²) in [7, 11) is 0. The van der Waals surface area contributed by atoms with Crippen molar-refractivity contribution in [1.82, 2.24) is 0 Å². The number of hydrogen-bond donors (Lipinski definition) is 0. The number of hydrogen-bond acceptors (Lipinski definition) is 1. The predicted molar refractivity (Wildman–Crippen MR) is 66.5 cm³/mol. The van der Waals surface area contributed by atoms with Gasteiger partial charge in [0.2, 0.25) is 0 Å². The van der Waals surface area contributed by atoms with Crippen molar-refractivity contribution in [3.8, 4) is 6.07 Å². The molecule has 0 fully saturated rings. The molecule has 0 aromatic carbocycles. The van der Waals surface area contributed by atoms with E-state index in [0.717, 1.165) is 12.8 Å². The monoisotopic (exact) mass is 207 g/mol. The summed E-state index contributed by atoms with van der Waals surface area (Å²) in [6, 6.07) is 2.35. The van der Waals surface area contributed by atoms with Crippen LogP contribution >= 0.6 is 0 Å². The number of nitriles is 1. The summed E-state index contributed by atoms with van der Waals surface area (Å²) < 4.78 is 0. The first-order chi connectivity index (χ1) is 7.12. The van der Waals surface area contributed by atoms with Crippen LogP contribution in [0.4, 0.5) is 0 Å². The van der Waals surface area contributed by atoms with E-state index in [2.05, 4.69) is 12.6 Å². The largest absolute Gasteiger partial charge is 0.198 e. The Kier molecular flexibility index (Phi) is 8.09. The third kappa shape index (κ3) is 9.53. The SMILES string of the molecule is C=CCCCCCCCCC(C)(C)C#N. The van der Waals surface area contributed by atoms with E-state index in [1.54, 1.807) is 0 Å². The van der Waals surface area contributed by atoms with Crippen LogP contribution in [0, 0.1) is 16.7 Å². The molecule has 0 aliphatic rings. The minimum atomic E-state index is -0.122. The fourth-order valence-corrected chi connectivity index (χ4v) is 1.62. The number of allylic oxidation sites excluding steroid dienone is 1. The molecule has 15 heavy (non-hydrogen) atoms. The zero-order valence-corrected chi connectivity index (χ0v) is 10.4. The Labute approximate surface area is 95.2 Å². The van der Waals surface area contributed by atoms with Crippen LogP contribution in [-0.2, 0) is 0 Å². The number of nitrogens with zero attached hydrogens (tertiary/aromatic N) is 1. The molecule has 0 aromatic heterocycles. The summed E-state index contributed by atoms with van der Waals surface area (Å²) in [6.45, 7) is 7.76. The quantitative estimate of drug-likeness (QED) is 0.392. The molecular formula is C14H25N. The molecule has 86 valence electrons. The van der Waals surface area contributed by atoms with E-state index in [0.29, 0.717) is 0 Å². The highest BCUT2D eigenvalue weighted by molar-refractivity contribution is 4.91. The van der Waals surface area contributed by atoms with E-state index in [1.807, 2.05) is 19.9 Å². The lowest BCUT2D eigenvalue weighted by Crippen LogP contribution is -2.06. The van der Waals surface area contributed by atoms with Crippen LogP contribution in [0.25, 0.3) is 0 Å². The minimum absolute atomic E-state index is 0.122. The summed E-state index contributed by atoms with van der Waals surface area (Å²) in [5, 5.41) is 8.83. The van der Waals surface area contributed by atoms with Crippen molar-refractivity contribution in [2.75, 3.05) is 0 Å². The van der Waals surface area contributed by atoms with Crippen LogP contribution in [0.1, 0.15) is 65.2 Å². The summed E-state index contributed by atoms with van der Waals surface area (Å²) in [5.74, 6) is 0. The van der Waals surface area contributed by atoms with Gasteiger partial charge in [-0.15, -0.1) is 6.58 Å². The molecule has 0 rings (SSSR count). The maximum Gasteiger partial charge on any atom is 0.0683 e. The normalized spacial score (nSPS) is 11.0. The Balaban J connectivity index is 3.19. The van der Waals surface area contributed by atoms with E-state index >= 15 is 0 Å². The van der Waals surface area contributed by atoms with E-state index < -0.39 is 0 Å². The van der Waals surface area contributed by atoms with E-state index in [-0.39, 0.29) is 5.41 Å². The van der Waals surface area contributed by atoms with Gasteiger partial charge < -0.3 is 0 Å². The summed E-state index contributed by atoms with van der Waals surface area (Å²) in [6.07, 6.45) is 11.9. The maximum atomic E-state index is 8.83. The van der Waals surface area contributed by atoms with Gasteiger partial charge in [0.1, 0.15) is 0 Å². The van der Waals surface area contributed by atoms with Crippen LogP contribution < -0.4 is 0 Å². The molecule has 0 aromatic rings. The second kappa shape index (κ2) is 8.53. The lowest BCUT2D eigenvalue weighted by atomic mass is 9.88. The summed E-state index contributed by atoms with van der Waals surface area (Å²) in [4.78, 5) is 0. The van der Waals surface area contributed by atoms with Gasteiger partial charge in [-0.05, 0) is 33.1 Å². The molecule has 0 saturated heterocycles. The van der Waals surface area contributed by atoms with Gasteiger partial charge in [0.05, 0.1) is 11.5 Å². The fraction of sp³-hybridized carbons (Fsp3) is 0.786. The first-order valence-corrected chi connectivity index (χ1v) is 6.14. The van der Waals surface area contributed by atoms with Gasteiger partial charge in [-0.2, -0.15) is 5.26 Å². The van der Waals surface area contributed by atoms with Crippen molar-refractivity contribution in [3.05, 3.63) is 12.7 Å². The molecular weight excluding hydrogens is 182 g/mol. The lowest BCUT2D eigenvalue weighted by molar-refractivity contribution is 0.419. The Morgan fingerprint density at radius 1 is 1.07 bits per heavy atom. The highest BCUT2D eigenvalue weighted by atomic mass is 14.3. The Bertz CT molecular complexity index is 198. The van der Waals surface area contributed by atoms with Crippen molar-refractivity contribution in [3.63, 3.8) is 0 Å². The molecule has 0 saturated carbocycles. The molecule has 0 heterocycles. The van der Waals surface area contributed by atoms with Gasteiger partial charge in [0.15, 0.2) is 0 Å². The van der Waals surface area contributed by atoms with Gasteiger partial charge in [-0.25, -0.2) is 0 Å². The van der Waals surface area contributed by atoms with Crippen molar-refractivity contribution in [2.45, 2.75) is 65.2 Å². The number of rotatable bonds is 9. The van der Waals surface area contributed by atoms with Crippen LogP contribution in [0.2, 0.25) is 0 Å². The predicted octanol–water partition coefficient (Wildman–Crippen LogP) is 4.84. The van der Waals surface area contributed by atoms with Crippen molar-refractivity contribution < 1.29 is 0 Å². The molecule has 0 N–H and O–H groups in total. The Morgan fingerprint density at radius 2 is 1.60 bits per heavy atom.